The highest BCUT2D eigenvalue weighted by atomic mass is 35.5. The van der Waals surface area contributed by atoms with Crippen LogP contribution in [0.25, 0.3) is 16.8 Å². The Labute approximate surface area is 172 Å². The number of hydrogen-bond acceptors (Lipinski definition) is 5. The Balaban J connectivity index is 1.50. The second kappa shape index (κ2) is 7.98. The van der Waals surface area contributed by atoms with Crippen LogP contribution in [-0.2, 0) is 6.54 Å². The van der Waals surface area contributed by atoms with Gasteiger partial charge in [-0.15, -0.1) is 16.4 Å². The number of pyridine rings is 1. The molecule has 3 heterocycles. The van der Waals surface area contributed by atoms with Crippen LogP contribution in [0, 0.1) is 5.82 Å². The first kappa shape index (κ1) is 19.0. The number of thiophene rings is 1. The zero-order valence-electron chi connectivity index (χ0n) is 14.7. The maximum atomic E-state index is 14.6. The number of carbonyl (C=O) groups excluding carboxylic acids is 1. The predicted molar refractivity (Wildman–Crippen MR) is 108 cm³/mol. The van der Waals surface area contributed by atoms with Gasteiger partial charge in [-0.05, 0) is 42.0 Å². The molecule has 4 aromatic rings. The summed E-state index contributed by atoms with van der Waals surface area (Å²) in [6, 6.07) is 11.0. The molecule has 0 radical (unpaired) electrons. The molecule has 146 valence electrons. The Hall–Kier alpha value is -3.30. The quantitative estimate of drug-likeness (QED) is 0.508. The van der Waals surface area contributed by atoms with Crippen molar-refractivity contribution < 1.29 is 9.18 Å². The highest BCUT2D eigenvalue weighted by Crippen LogP contribution is 2.22. The van der Waals surface area contributed by atoms with Gasteiger partial charge in [0.1, 0.15) is 17.2 Å². The molecule has 0 unspecified atom stereocenters. The van der Waals surface area contributed by atoms with E-state index in [2.05, 4.69) is 20.6 Å². The predicted octanol–water partition coefficient (Wildman–Crippen LogP) is 3.41. The van der Waals surface area contributed by atoms with Crippen molar-refractivity contribution in [2.45, 2.75) is 6.54 Å². The second-order valence-corrected chi connectivity index (χ2v) is 7.74. The number of benzene rings is 1. The number of aromatic nitrogens is 4. The number of H-pyrrole nitrogens is 1. The van der Waals surface area contributed by atoms with Crippen LogP contribution in [0.4, 0.5) is 4.39 Å². The minimum absolute atomic E-state index is 0.132. The van der Waals surface area contributed by atoms with E-state index in [1.165, 1.54) is 40.5 Å². The maximum absolute atomic E-state index is 14.6. The first-order valence-electron chi connectivity index (χ1n) is 8.44. The van der Waals surface area contributed by atoms with Gasteiger partial charge in [-0.3, -0.25) is 9.59 Å². The van der Waals surface area contributed by atoms with Gasteiger partial charge in [0.05, 0.1) is 22.0 Å². The summed E-state index contributed by atoms with van der Waals surface area (Å²) < 4.78 is 16.4. The molecule has 0 saturated carbocycles. The van der Waals surface area contributed by atoms with Crippen molar-refractivity contribution in [3.05, 3.63) is 85.9 Å². The molecule has 7 nitrogen and oxygen atoms in total. The molecule has 2 N–H and O–H groups in total. The van der Waals surface area contributed by atoms with Crippen molar-refractivity contribution >= 4 is 28.8 Å². The third-order valence-electron chi connectivity index (χ3n) is 4.09. The van der Waals surface area contributed by atoms with E-state index in [4.69, 9.17) is 11.6 Å². The van der Waals surface area contributed by atoms with Gasteiger partial charge < -0.3 is 10.3 Å². The number of nitrogens with zero attached hydrogens (tertiary/aromatic N) is 3. The molecule has 0 fully saturated rings. The molecule has 3 aromatic heterocycles. The molecular weight excluding hydrogens is 417 g/mol. The molecule has 0 saturated heterocycles. The summed E-state index contributed by atoms with van der Waals surface area (Å²) in [5, 5.41) is 10.6. The van der Waals surface area contributed by atoms with E-state index in [0.29, 0.717) is 26.0 Å². The normalized spacial score (nSPS) is 10.8. The molecule has 1 aromatic carbocycles. The fraction of sp³-hybridized carbons (Fsp3) is 0.0526. The molecule has 4 rings (SSSR count). The van der Waals surface area contributed by atoms with E-state index in [-0.39, 0.29) is 23.7 Å². The van der Waals surface area contributed by atoms with Crippen LogP contribution in [0.1, 0.15) is 15.4 Å². The number of carbonyl (C=O) groups is 1. The highest BCUT2D eigenvalue weighted by Gasteiger charge is 2.13. The lowest BCUT2D eigenvalue weighted by Gasteiger charge is -2.05. The molecule has 0 aliphatic heterocycles. The number of rotatable bonds is 5. The Kier molecular flexibility index (Phi) is 5.24. The first-order valence-corrected chi connectivity index (χ1v) is 9.63. The summed E-state index contributed by atoms with van der Waals surface area (Å²) in [6.45, 7) is 0.132. The monoisotopic (exact) mass is 429 g/mol. The van der Waals surface area contributed by atoms with E-state index < -0.39 is 5.82 Å². The van der Waals surface area contributed by atoms with Crippen molar-refractivity contribution in [3.63, 3.8) is 0 Å². The average Bonchev–Trinajstić information content (AvgIpc) is 3.35. The fourth-order valence-corrected chi connectivity index (χ4v) is 3.66. The van der Waals surface area contributed by atoms with Gasteiger partial charge in [-0.1, -0.05) is 22.9 Å². The van der Waals surface area contributed by atoms with E-state index in [1.54, 1.807) is 30.3 Å². The van der Waals surface area contributed by atoms with Gasteiger partial charge in [0.25, 0.3) is 11.5 Å². The number of amides is 1. The van der Waals surface area contributed by atoms with E-state index in [0.717, 1.165) is 0 Å². The highest BCUT2D eigenvalue weighted by molar-refractivity contribution is 7.17. The summed E-state index contributed by atoms with van der Waals surface area (Å²) in [4.78, 5) is 27.0. The summed E-state index contributed by atoms with van der Waals surface area (Å²) in [7, 11) is 0. The standard InChI is InChI=1S/C19H13ClFN5O2S/c20-17-6-5-16(29-17)19(28)23-9-12-10-26(25-24-12)15-4-3-11(8-14(15)21)13-2-1-7-22-18(13)27/h1-8,10H,9H2,(H,22,27)(H,23,28). The molecule has 0 spiro atoms. The lowest BCUT2D eigenvalue weighted by molar-refractivity contribution is 0.0954. The molecular formula is C19H13ClFN5O2S. The Morgan fingerprint density at radius 3 is 2.86 bits per heavy atom. The lowest BCUT2D eigenvalue weighted by atomic mass is 10.1. The van der Waals surface area contributed by atoms with E-state index in [9.17, 15) is 14.0 Å². The van der Waals surface area contributed by atoms with Gasteiger partial charge in [0, 0.05) is 11.8 Å². The summed E-state index contributed by atoms with van der Waals surface area (Å²) in [6.07, 6.45) is 3.04. The van der Waals surface area contributed by atoms with Crippen molar-refractivity contribution in [2.75, 3.05) is 0 Å². The molecule has 0 aliphatic rings. The van der Waals surface area contributed by atoms with Crippen LogP contribution < -0.4 is 10.9 Å². The molecule has 0 bridgehead atoms. The van der Waals surface area contributed by atoms with Crippen molar-refractivity contribution in [1.82, 2.24) is 25.3 Å². The topological polar surface area (TPSA) is 92.7 Å². The van der Waals surface area contributed by atoms with Crippen molar-refractivity contribution in [3.8, 4) is 16.8 Å². The van der Waals surface area contributed by atoms with E-state index in [1.807, 2.05) is 0 Å². The molecule has 0 atom stereocenters. The summed E-state index contributed by atoms with van der Waals surface area (Å²) in [5.41, 5.74) is 1.16. The SMILES string of the molecule is O=C(NCc1cn(-c2ccc(-c3ccc[nH]c3=O)cc2F)nn1)c1ccc(Cl)s1. The Morgan fingerprint density at radius 1 is 1.28 bits per heavy atom. The molecule has 29 heavy (non-hydrogen) atoms. The fourth-order valence-electron chi connectivity index (χ4n) is 2.70. The smallest absolute Gasteiger partial charge is 0.261 e. The molecule has 1 amide bonds. The van der Waals surface area contributed by atoms with Gasteiger partial charge in [-0.2, -0.15) is 0 Å². The van der Waals surface area contributed by atoms with Gasteiger partial charge in [0.2, 0.25) is 0 Å². The number of hydrogen-bond donors (Lipinski definition) is 2. The average molecular weight is 430 g/mol. The lowest BCUT2D eigenvalue weighted by Crippen LogP contribution is -2.21. The van der Waals surface area contributed by atoms with Crippen LogP contribution in [0.2, 0.25) is 4.34 Å². The zero-order chi connectivity index (χ0) is 20.4. The van der Waals surface area contributed by atoms with Crippen LogP contribution in [-0.4, -0.2) is 25.9 Å². The van der Waals surface area contributed by atoms with Gasteiger partial charge >= 0.3 is 0 Å². The Morgan fingerprint density at radius 2 is 2.14 bits per heavy atom. The van der Waals surface area contributed by atoms with Crippen LogP contribution >= 0.6 is 22.9 Å². The first-order chi connectivity index (χ1) is 14.0. The van der Waals surface area contributed by atoms with Crippen LogP contribution in [0.15, 0.2) is 59.7 Å². The van der Waals surface area contributed by atoms with Gasteiger partial charge in [0.15, 0.2) is 0 Å². The third-order valence-corrected chi connectivity index (χ3v) is 5.32. The Bertz CT molecular complexity index is 1250. The third kappa shape index (κ3) is 4.10. The van der Waals surface area contributed by atoms with Crippen molar-refractivity contribution in [2.24, 2.45) is 0 Å². The van der Waals surface area contributed by atoms with Crippen LogP contribution in [0.3, 0.4) is 0 Å². The summed E-state index contributed by atoms with van der Waals surface area (Å²) in [5.74, 6) is -0.834. The minimum atomic E-state index is -0.556. The van der Waals surface area contributed by atoms with Gasteiger partial charge in [-0.25, -0.2) is 9.07 Å². The maximum Gasteiger partial charge on any atom is 0.261 e. The van der Waals surface area contributed by atoms with Crippen molar-refractivity contribution in [1.29, 1.82) is 0 Å². The molecule has 0 aliphatic carbocycles. The number of aromatic amines is 1. The molecule has 10 heteroatoms. The van der Waals surface area contributed by atoms with E-state index >= 15 is 0 Å². The summed E-state index contributed by atoms with van der Waals surface area (Å²) >= 11 is 7.00. The second-order valence-electron chi connectivity index (χ2n) is 6.02. The minimum Gasteiger partial charge on any atom is -0.346 e. The zero-order valence-corrected chi connectivity index (χ0v) is 16.3. The largest absolute Gasteiger partial charge is 0.346 e. The number of halogens is 2. The van der Waals surface area contributed by atoms with Crippen LogP contribution in [0.5, 0.6) is 0 Å². The number of nitrogens with one attached hydrogen (secondary N) is 2.